The summed E-state index contributed by atoms with van der Waals surface area (Å²) < 4.78 is 6.75. The second-order valence-electron chi connectivity index (χ2n) is 6.71. The van der Waals surface area contributed by atoms with E-state index in [0.29, 0.717) is 29.3 Å². The number of ether oxygens (including phenoxy) is 1. The van der Waals surface area contributed by atoms with Gasteiger partial charge in [-0.2, -0.15) is 14.9 Å². The molecule has 24 heavy (non-hydrogen) atoms. The average molecular weight is 329 g/mol. The summed E-state index contributed by atoms with van der Waals surface area (Å²) in [5.74, 6) is -0.153. The Balaban J connectivity index is 2.73. The highest BCUT2D eigenvalue weighted by Crippen LogP contribution is 2.31. The first-order chi connectivity index (χ1) is 11.2. The molecule has 2 heterocycles. The van der Waals surface area contributed by atoms with Crippen LogP contribution in [-0.2, 0) is 9.53 Å². The predicted molar refractivity (Wildman–Crippen MR) is 90.9 cm³/mol. The number of fused-ring (bicyclic) bond motifs is 1. The maximum atomic E-state index is 12.3. The third-order valence-corrected chi connectivity index (χ3v) is 3.56. The minimum absolute atomic E-state index is 0.261. The predicted octanol–water partition coefficient (Wildman–Crippen LogP) is 2.79. The molecule has 2 rings (SSSR count). The van der Waals surface area contributed by atoms with E-state index in [1.54, 1.807) is 18.4 Å². The quantitative estimate of drug-likeness (QED) is 0.867. The van der Waals surface area contributed by atoms with Crippen molar-refractivity contribution in [1.82, 2.24) is 14.6 Å². The molecule has 0 amide bonds. The minimum Gasteiger partial charge on any atom is -0.466 e. The maximum absolute atomic E-state index is 12.3. The van der Waals surface area contributed by atoms with Crippen LogP contribution >= 0.6 is 0 Å². The Hall–Kier alpha value is -2.62. The van der Waals surface area contributed by atoms with Crippen LogP contribution in [0, 0.1) is 18.3 Å². The molecule has 0 aliphatic rings. The van der Waals surface area contributed by atoms with Crippen LogP contribution in [0.15, 0.2) is 6.20 Å². The van der Waals surface area contributed by atoms with Crippen molar-refractivity contribution in [3.05, 3.63) is 23.0 Å². The van der Waals surface area contributed by atoms with E-state index >= 15 is 0 Å². The van der Waals surface area contributed by atoms with Gasteiger partial charge in [-0.1, -0.05) is 0 Å². The Morgan fingerprint density at radius 1 is 1.50 bits per heavy atom. The number of rotatable bonds is 4. The molecule has 0 fully saturated rings. The SMILES string of the molecule is CCOC(=O)C(C)c1c(C)nc2c(C#N)cnn2c1NC(C)(C)C. The first-order valence-corrected chi connectivity index (χ1v) is 7.92. The molecule has 1 unspecified atom stereocenters. The van der Waals surface area contributed by atoms with Gasteiger partial charge in [0.25, 0.3) is 0 Å². The van der Waals surface area contributed by atoms with Gasteiger partial charge in [0.2, 0.25) is 0 Å². The number of hydrogen-bond donors (Lipinski definition) is 1. The molecule has 1 atom stereocenters. The van der Waals surface area contributed by atoms with Crippen molar-refractivity contribution in [1.29, 1.82) is 5.26 Å². The Kier molecular flexibility index (Phi) is 4.78. The van der Waals surface area contributed by atoms with Crippen LogP contribution in [-0.4, -0.2) is 32.7 Å². The number of esters is 1. The van der Waals surface area contributed by atoms with E-state index in [0.717, 1.165) is 5.56 Å². The van der Waals surface area contributed by atoms with Gasteiger partial charge in [0.15, 0.2) is 5.65 Å². The first-order valence-electron chi connectivity index (χ1n) is 7.92. The van der Waals surface area contributed by atoms with Crippen molar-refractivity contribution in [3.8, 4) is 6.07 Å². The second-order valence-corrected chi connectivity index (χ2v) is 6.71. The van der Waals surface area contributed by atoms with Gasteiger partial charge >= 0.3 is 5.97 Å². The molecular weight excluding hydrogens is 306 g/mol. The Bertz CT molecular complexity index is 811. The summed E-state index contributed by atoms with van der Waals surface area (Å²) in [4.78, 5) is 16.7. The molecule has 128 valence electrons. The van der Waals surface area contributed by atoms with E-state index in [9.17, 15) is 10.1 Å². The number of aromatic nitrogens is 3. The topological polar surface area (TPSA) is 92.3 Å². The number of carbonyl (C=O) groups excluding carboxylic acids is 1. The van der Waals surface area contributed by atoms with Crippen molar-refractivity contribution < 1.29 is 9.53 Å². The van der Waals surface area contributed by atoms with E-state index < -0.39 is 5.92 Å². The van der Waals surface area contributed by atoms with Gasteiger partial charge in [0, 0.05) is 16.8 Å². The molecule has 2 aromatic heterocycles. The van der Waals surface area contributed by atoms with Crippen LogP contribution in [0.3, 0.4) is 0 Å². The van der Waals surface area contributed by atoms with Crippen LogP contribution in [0.5, 0.6) is 0 Å². The highest BCUT2D eigenvalue weighted by atomic mass is 16.5. The number of nitrogens with zero attached hydrogens (tertiary/aromatic N) is 4. The summed E-state index contributed by atoms with van der Waals surface area (Å²) in [5.41, 5.74) is 2.00. The lowest BCUT2D eigenvalue weighted by Crippen LogP contribution is -2.30. The summed E-state index contributed by atoms with van der Waals surface area (Å²) >= 11 is 0. The number of anilines is 1. The molecule has 2 aromatic rings. The highest BCUT2D eigenvalue weighted by molar-refractivity contribution is 5.81. The fourth-order valence-electron chi connectivity index (χ4n) is 2.58. The zero-order valence-corrected chi connectivity index (χ0v) is 15.0. The molecule has 1 N–H and O–H groups in total. The molecule has 0 bridgehead atoms. The normalized spacial score (nSPS) is 12.7. The van der Waals surface area contributed by atoms with E-state index in [4.69, 9.17) is 4.74 Å². The van der Waals surface area contributed by atoms with E-state index in [2.05, 4.69) is 21.5 Å². The zero-order chi connectivity index (χ0) is 18.1. The minimum atomic E-state index is -0.499. The smallest absolute Gasteiger partial charge is 0.313 e. The third kappa shape index (κ3) is 3.32. The maximum Gasteiger partial charge on any atom is 0.313 e. The van der Waals surface area contributed by atoms with Gasteiger partial charge in [-0.3, -0.25) is 4.79 Å². The molecule has 0 aliphatic heterocycles. The van der Waals surface area contributed by atoms with Crippen LogP contribution < -0.4 is 5.32 Å². The van der Waals surface area contributed by atoms with Crippen molar-refractivity contribution in [3.63, 3.8) is 0 Å². The summed E-state index contributed by atoms with van der Waals surface area (Å²) in [6.45, 7) is 11.8. The molecule has 0 radical (unpaired) electrons. The zero-order valence-electron chi connectivity index (χ0n) is 15.0. The second kappa shape index (κ2) is 6.48. The summed E-state index contributed by atoms with van der Waals surface area (Å²) in [5, 5.41) is 16.9. The molecule has 0 spiro atoms. The molecule has 0 saturated heterocycles. The summed E-state index contributed by atoms with van der Waals surface area (Å²) in [7, 11) is 0. The monoisotopic (exact) mass is 329 g/mol. The van der Waals surface area contributed by atoms with Crippen molar-refractivity contribution in [2.75, 3.05) is 11.9 Å². The standard InChI is InChI=1S/C17H23N5O2/c1-7-24-16(23)10(2)13-11(3)20-14-12(8-18)9-19-22(14)15(13)21-17(4,5)6/h9-10,21H,7H2,1-6H3. The van der Waals surface area contributed by atoms with Crippen LogP contribution in [0.2, 0.25) is 0 Å². The van der Waals surface area contributed by atoms with Crippen molar-refractivity contribution in [2.45, 2.75) is 53.0 Å². The summed E-state index contributed by atoms with van der Waals surface area (Å²) in [6, 6.07) is 2.09. The van der Waals surface area contributed by atoms with Crippen LogP contribution in [0.4, 0.5) is 5.82 Å². The number of nitrogens with one attached hydrogen (secondary N) is 1. The van der Waals surface area contributed by atoms with Gasteiger partial charge in [0.05, 0.1) is 18.7 Å². The molecule has 7 heteroatoms. The van der Waals surface area contributed by atoms with Gasteiger partial charge in [-0.25, -0.2) is 4.98 Å². The number of hydrogen-bond acceptors (Lipinski definition) is 6. The molecule has 0 aliphatic carbocycles. The molecular formula is C17H23N5O2. The Morgan fingerprint density at radius 3 is 2.71 bits per heavy atom. The first kappa shape index (κ1) is 17.7. The van der Waals surface area contributed by atoms with Crippen LogP contribution in [0.1, 0.15) is 57.4 Å². The fourth-order valence-corrected chi connectivity index (χ4v) is 2.58. The van der Waals surface area contributed by atoms with Gasteiger partial charge in [-0.05, 0) is 41.5 Å². The largest absolute Gasteiger partial charge is 0.466 e. The lowest BCUT2D eigenvalue weighted by atomic mass is 9.98. The Labute approximate surface area is 141 Å². The van der Waals surface area contributed by atoms with Gasteiger partial charge < -0.3 is 10.1 Å². The third-order valence-electron chi connectivity index (χ3n) is 3.56. The van der Waals surface area contributed by atoms with E-state index in [1.165, 1.54) is 6.20 Å². The molecule has 7 nitrogen and oxygen atoms in total. The van der Waals surface area contributed by atoms with E-state index in [-0.39, 0.29) is 11.5 Å². The lowest BCUT2D eigenvalue weighted by Gasteiger charge is -2.26. The van der Waals surface area contributed by atoms with Gasteiger partial charge in [-0.15, -0.1) is 0 Å². The van der Waals surface area contributed by atoms with Crippen LogP contribution in [0.25, 0.3) is 5.65 Å². The number of aryl methyl sites for hydroxylation is 1. The fraction of sp³-hybridized carbons (Fsp3) is 0.529. The molecule has 0 aromatic carbocycles. The molecule has 0 saturated carbocycles. The Morgan fingerprint density at radius 2 is 2.17 bits per heavy atom. The summed E-state index contributed by atoms with van der Waals surface area (Å²) in [6.07, 6.45) is 1.48. The van der Waals surface area contributed by atoms with E-state index in [1.807, 2.05) is 27.7 Å². The lowest BCUT2D eigenvalue weighted by molar-refractivity contribution is -0.144. The highest BCUT2D eigenvalue weighted by Gasteiger charge is 2.28. The van der Waals surface area contributed by atoms with Crippen molar-refractivity contribution in [2.24, 2.45) is 0 Å². The number of nitriles is 1. The average Bonchev–Trinajstić information content (AvgIpc) is 2.88. The van der Waals surface area contributed by atoms with Crippen molar-refractivity contribution >= 4 is 17.4 Å². The van der Waals surface area contributed by atoms with Gasteiger partial charge in [0.1, 0.15) is 17.5 Å². The number of carbonyl (C=O) groups is 1.